The Labute approximate surface area is 82.6 Å². The van der Waals surface area contributed by atoms with Gasteiger partial charge >= 0.3 is 16.3 Å². The summed E-state index contributed by atoms with van der Waals surface area (Å²) in [5.41, 5.74) is 0. The highest BCUT2D eigenvalue weighted by molar-refractivity contribution is 7.88. The molecule has 0 radical (unpaired) electrons. The van der Waals surface area contributed by atoms with Crippen LogP contribution in [0.5, 0.6) is 0 Å². The lowest BCUT2D eigenvalue weighted by Gasteiger charge is -2.12. The van der Waals surface area contributed by atoms with E-state index in [2.05, 4.69) is 9.46 Å². The van der Waals surface area contributed by atoms with Gasteiger partial charge in [0.2, 0.25) is 0 Å². The van der Waals surface area contributed by atoms with Gasteiger partial charge in [0.1, 0.15) is 0 Å². The van der Waals surface area contributed by atoms with Gasteiger partial charge in [-0.1, -0.05) is 0 Å². The number of amides is 1. The largest absolute Gasteiger partial charge is 0.452 e. The third-order valence-electron chi connectivity index (χ3n) is 1.32. The van der Waals surface area contributed by atoms with Crippen LogP contribution in [0.3, 0.4) is 0 Å². The minimum atomic E-state index is -3.90. The molecule has 8 heteroatoms. The van der Waals surface area contributed by atoms with Crippen LogP contribution in [-0.2, 0) is 14.9 Å². The first-order chi connectivity index (χ1) is 6.41. The first-order valence-electron chi connectivity index (χ1n) is 3.90. The maximum absolute atomic E-state index is 11.1. The third-order valence-corrected chi connectivity index (χ3v) is 2.47. The second-order valence-corrected chi connectivity index (χ2v) is 4.07. The number of aliphatic hydroxyl groups excluding tert-OH is 1. The molecule has 0 fully saturated rings. The average molecular weight is 226 g/mol. The summed E-state index contributed by atoms with van der Waals surface area (Å²) in [6.45, 7) is 1.43. The Morgan fingerprint density at radius 2 is 2.14 bits per heavy atom. The molecule has 0 heterocycles. The van der Waals surface area contributed by atoms with Crippen LogP contribution in [0.2, 0.25) is 0 Å². The Morgan fingerprint density at radius 1 is 1.57 bits per heavy atom. The molecule has 1 amide bonds. The maximum atomic E-state index is 11.1. The number of carbonyl (C=O) groups excluding carboxylic acids is 1. The van der Waals surface area contributed by atoms with E-state index in [1.54, 1.807) is 11.6 Å². The lowest BCUT2D eigenvalue weighted by atomic mass is 10.3. The van der Waals surface area contributed by atoms with E-state index >= 15 is 0 Å². The van der Waals surface area contributed by atoms with Gasteiger partial charge in [-0.2, -0.15) is 13.1 Å². The number of ether oxygens (including phenoxy) is 1. The van der Waals surface area contributed by atoms with Crippen molar-refractivity contribution >= 4 is 16.3 Å². The summed E-state index contributed by atoms with van der Waals surface area (Å²) in [7, 11) is -2.84. The van der Waals surface area contributed by atoms with Crippen LogP contribution in [-0.4, -0.2) is 39.4 Å². The number of rotatable bonds is 5. The number of hydrogen-bond acceptors (Lipinski definition) is 5. The topological polar surface area (TPSA) is 105 Å². The lowest BCUT2D eigenvalue weighted by molar-refractivity contribution is 0.177. The van der Waals surface area contributed by atoms with Gasteiger partial charge in [-0.25, -0.2) is 9.52 Å². The molecule has 0 aliphatic rings. The van der Waals surface area contributed by atoms with Crippen molar-refractivity contribution in [2.45, 2.75) is 19.4 Å². The normalized spacial score (nSPS) is 13.4. The molecule has 3 N–H and O–H groups in total. The molecule has 1 unspecified atom stereocenters. The van der Waals surface area contributed by atoms with Gasteiger partial charge in [0.25, 0.3) is 0 Å². The Kier molecular flexibility index (Phi) is 5.43. The quantitative estimate of drug-likeness (QED) is 0.554. The highest BCUT2D eigenvalue weighted by Gasteiger charge is 2.16. The van der Waals surface area contributed by atoms with E-state index in [0.717, 1.165) is 7.11 Å². The molecule has 0 aromatic carbocycles. The Balaban J connectivity index is 4.14. The zero-order chi connectivity index (χ0) is 11.2. The average Bonchev–Trinajstić information content (AvgIpc) is 2.02. The Morgan fingerprint density at radius 3 is 2.57 bits per heavy atom. The van der Waals surface area contributed by atoms with Gasteiger partial charge < -0.3 is 9.84 Å². The number of hydrogen-bond donors (Lipinski definition) is 3. The van der Waals surface area contributed by atoms with E-state index in [1.165, 1.54) is 0 Å². The first-order valence-corrected chi connectivity index (χ1v) is 5.38. The Hall–Kier alpha value is -0.860. The van der Waals surface area contributed by atoms with Crippen molar-refractivity contribution in [1.29, 1.82) is 0 Å². The van der Waals surface area contributed by atoms with E-state index in [1.807, 2.05) is 0 Å². The molecule has 0 aliphatic carbocycles. The van der Waals surface area contributed by atoms with Gasteiger partial charge in [0, 0.05) is 12.6 Å². The zero-order valence-corrected chi connectivity index (χ0v) is 8.80. The molecule has 1 atom stereocenters. The molecule has 0 bridgehead atoms. The van der Waals surface area contributed by atoms with Crippen molar-refractivity contribution < 1.29 is 23.1 Å². The van der Waals surface area contributed by atoms with Gasteiger partial charge in [-0.05, 0) is 13.3 Å². The van der Waals surface area contributed by atoms with Crippen LogP contribution in [0, 0.1) is 0 Å². The molecule has 0 rings (SSSR count). The van der Waals surface area contributed by atoms with Gasteiger partial charge in [0.05, 0.1) is 7.11 Å². The number of aliphatic hydroxyl groups is 1. The molecule has 7 nitrogen and oxygen atoms in total. The fraction of sp³-hybridized carbons (Fsp3) is 0.833. The first kappa shape index (κ1) is 13.1. The Bertz CT molecular complexity index is 276. The van der Waals surface area contributed by atoms with Crippen LogP contribution in [0.25, 0.3) is 0 Å². The van der Waals surface area contributed by atoms with Gasteiger partial charge in [-0.15, -0.1) is 0 Å². The lowest BCUT2D eigenvalue weighted by Crippen LogP contribution is -2.44. The van der Waals surface area contributed by atoms with Crippen molar-refractivity contribution in [2.75, 3.05) is 13.7 Å². The van der Waals surface area contributed by atoms with Crippen molar-refractivity contribution in [2.24, 2.45) is 0 Å². The van der Waals surface area contributed by atoms with E-state index in [-0.39, 0.29) is 13.0 Å². The molecule has 84 valence electrons. The summed E-state index contributed by atoms with van der Waals surface area (Å²) < 4.78 is 30.0. The summed E-state index contributed by atoms with van der Waals surface area (Å²) in [6.07, 6.45) is -0.795. The third kappa shape index (κ3) is 5.73. The van der Waals surface area contributed by atoms with Crippen LogP contribution in [0.15, 0.2) is 0 Å². The van der Waals surface area contributed by atoms with E-state index in [4.69, 9.17) is 5.11 Å². The van der Waals surface area contributed by atoms with Crippen molar-refractivity contribution in [3.05, 3.63) is 0 Å². The summed E-state index contributed by atoms with van der Waals surface area (Å²) >= 11 is 0. The zero-order valence-electron chi connectivity index (χ0n) is 7.98. The fourth-order valence-corrected chi connectivity index (χ4v) is 1.71. The second kappa shape index (κ2) is 5.78. The molecule has 0 saturated carbocycles. The number of nitrogens with one attached hydrogen (secondary N) is 2. The fourth-order valence-electron chi connectivity index (χ4n) is 0.698. The maximum Gasteiger partial charge on any atom is 0.421 e. The number of methoxy groups -OCH3 is 1. The molecule has 0 aromatic heterocycles. The van der Waals surface area contributed by atoms with E-state index < -0.39 is 22.3 Å². The smallest absolute Gasteiger partial charge is 0.421 e. The minimum Gasteiger partial charge on any atom is -0.452 e. The monoisotopic (exact) mass is 226 g/mol. The van der Waals surface area contributed by atoms with Crippen LogP contribution >= 0.6 is 0 Å². The molecular weight excluding hydrogens is 212 g/mol. The summed E-state index contributed by atoms with van der Waals surface area (Å²) in [4.78, 5) is 10.6. The number of carbonyl (C=O) groups is 1. The molecular formula is C6H14N2O5S. The summed E-state index contributed by atoms with van der Waals surface area (Å²) in [5.74, 6) is 0. The molecule has 0 spiro atoms. The molecule has 14 heavy (non-hydrogen) atoms. The SMILES string of the molecule is COC(=O)NS(=O)(=O)NC(C)CCO. The summed E-state index contributed by atoms with van der Waals surface area (Å²) in [5, 5.41) is 8.51. The highest BCUT2D eigenvalue weighted by atomic mass is 32.2. The molecule has 0 aromatic rings. The van der Waals surface area contributed by atoms with Crippen molar-refractivity contribution in [3.8, 4) is 0 Å². The second-order valence-electron chi connectivity index (χ2n) is 2.63. The van der Waals surface area contributed by atoms with Gasteiger partial charge in [0.15, 0.2) is 0 Å². The predicted octanol–water partition coefficient (Wildman–Crippen LogP) is -1.05. The van der Waals surface area contributed by atoms with E-state index in [9.17, 15) is 13.2 Å². The van der Waals surface area contributed by atoms with Crippen LogP contribution < -0.4 is 9.44 Å². The highest BCUT2D eigenvalue weighted by Crippen LogP contribution is 1.91. The van der Waals surface area contributed by atoms with Gasteiger partial charge in [-0.3, -0.25) is 0 Å². The predicted molar refractivity (Wildman–Crippen MR) is 48.8 cm³/mol. The minimum absolute atomic E-state index is 0.137. The van der Waals surface area contributed by atoms with Crippen molar-refractivity contribution in [1.82, 2.24) is 9.44 Å². The summed E-state index contributed by atoms with van der Waals surface area (Å²) in [6, 6.07) is -0.456. The molecule has 0 aliphatic heterocycles. The van der Waals surface area contributed by atoms with E-state index in [0.29, 0.717) is 0 Å². The van der Waals surface area contributed by atoms with Crippen molar-refractivity contribution in [3.63, 3.8) is 0 Å². The standard InChI is InChI=1S/C6H14N2O5S/c1-5(3-4-9)7-14(11,12)8-6(10)13-2/h5,7,9H,3-4H2,1-2H3,(H,8,10). The van der Waals surface area contributed by atoms with Crippen LogP contribution in [0.4, 0.5) is 4.79 Å². The molecule has 0 saturated heterocycles. The van der Waals surface area contributed by atoms with Crippen LogP contribution in [0.1, 0.15) is 13.3 Å².